The van der Waals surface area contributed by atoms with Crippen molar-refractivity contribution in [3.05, 3.63) is 111 Å². The number of nitrogens with one attached hydrogen (secondary N) is 1. The molecule has 0 unspecified atom stereocenters. The van der Waals surface area contributed by atoms with Gasteiger partial charge in [0, 0.05) is 21.4 Å². The summed E-state index contributed by atoms with van der Waals surface area (Å²) in [7, 11) is 1.63. The van der Waals surface area contributed by atoms with E-state index in [1.165, 1.54) is 0 Å². The van der Waals surface area contributed by atoms with Crippen LogP contribution in [0.2, 0.25) is 0 Å². The van der Waals surface area contributed by atoms with Crippen LogP contribution >= 0.6 is 0 Å². The van der Waals surface area contributed by atoms with Gasteiger partial charge in [-0.25, -0.2) is 0 Å². The van der Waals surface area contributed by atoms with E-state index >= 15 is 0 Å². The number of nitro groups is 1. The quantitative estimate of drug-likeness (QED) is 0.366. The van der Waals surface area contributed by atoms with Crippen LogP contribution in [0, 0.1) is 10.1 Å². The Hall–Kier alpha value is -3.86. The lowest BCUT2D eigenvalue weighted by Gasteiger charge is -2.16. The third-order valence-corrected chi connectivity index (χ3v) is 5.75. The Labute approximate surface area is 173 Å². The minimum absolute atomic E-state index is 0.177. The molecule has 3 aromatic carbocycles. The third kappa shape index (κ3) is 2.95. The molecule has 0 spiro atoms. The second kappa shape index (κ2) is 7.19. The van der Waals surface area contributed by atoms with Crippen LogP contribution in [0.25, 0.3) is 22.6 Å². The van der Waals surface area contributed by atoms with Gasteiger partial charge in [0.1, 0.15) is 5.75 Å². The smallest absolute Gasteiger partial charge is 0.214 e. The molecule has 5 heteroatoms. The zero-order valence-corrected chi connectivity index (χ0v) is 16.5. The lowest BCUT2D eigenvalue weighted by molar-refractivity contribution is -0.481. The molecule has 0 bridgehead atoms. The van der Waals surface area contributed by atoms with Gasteiger partial charge < -0.3 is 9.72 Å². The van der Waals surface area contributed by atoms with Gasteiger partial charge >= 0.3 is 0 Å². The molecule has 1 heterocycles. The Balaban J connectivity index is 1.88. The van der Waals surface area contributed by atoms with Gasteiger partial charge in [0.2, 0.25) is 6.54 Å². The Morgan fingerprint density at radius 2 is 1.80 bits per heavy atom. The van der Waals surface area contributed by atoms with E-state index in [9.17, 15) is 10.1 Å². The second-order valence-electron chi connectivity index (χ2n) is 7.45. The Morgan fingerprint density at radius 1 is 1.03 bits per heavy atom. The topological polar surface area (TPSA) is 68.2 Å². The van der Waals surface area contributed by atoms with Crippen LogP contribution in [0.5, 0.6) is 5.75 Å². The largest absolute Gasteiger partial charge is 0.497 e. The molecule has 1 aromatic heterocycles. The molecule has 5 nitrogen and oxygen atoms in total. The molecule has 5 rings (SSSR count). The number of aromatic nitrogens is 1. The molecule has 0 amide bonds. The van der Waals surface area contributed by atoms with Crippen molar-refractivity contribution in [2.75, 3.05) is 13.7 Å². The number of hydrogen-bond acceptors (Lipinski definition) is 3. The summed E-state index contributed by atoms with van der Waals surface area (Å²) in [4.78, 5) is 15.0. The molecule has 1 atom stereocenters. The zero-order chi connectivity index (χ0) is 20.7. The summed E-state index contributed by atoms with van der Waals surface area (Å²) in [5.74, 6) is 0.358. The molecule has 4 aromatic rings. The minimum atomic E-state index is -0.371. The van der Waals surface area contributed by atoms with Gasteiger partial charge in [-0.05, 0) is 46.5 Å². The van der Waals surface area contributed by atoms with Gasteiger partial charge in [-0.2, -0.15) is 0 Å². The fraction of sp³-hybridized carbons (Fsp3) is 0.120. The fourth-order valence-corrected chi connectivity index (χ4v) is 4.42. The highest BCUT2D eigenvalue weighted by Crippen LogP contribution is 2.44. The van der Waals surface area contributed by atoms with E-state index in [1.807, 2.05) is 60.7 Å². The summed E-state index contributed by atoms with van der Waals surface area (Å²) in [6.07, 6.45) is 2.13. The molecule has 0 fully saturated rings. The maximum absolute atomic E-state index is 11.7. The third-order valence-electron chi connectivity index (χ3n) is 5.75. The molecule has 148 valence electrons. The van der Waals surface area contributed by atoms with Crippen molar-refractivity contribution in [3.63, 3.8) is 0 Å². The van der Waals surface area contributed by atoms with E-state index in [1.54, 1.807) is 7.11 Å². The van der Waals surface area contributed by atoms with Crippen molar-refractivity contribution < 1.29 is 9.66 Å². The van der Waals surface area contributed by atoms with E-state index in [4.69, 9.17) is 4.74 Å². The van der Waals surface area contributed by atoms with E-state index in [2.05, 4.69) is 23.2 Å². The number of methoxy groups -OCH3 is 1. The fourth-order valence-electron chi connectivity index (χ4n) is 4.42. The van der Waals surface area contributed by atoms with Gasteiger partial charge in [0.15, 0.2) is 0 Å². The number of benzene rings is 3. The molecule has 0 aliphatic heterocycles. The summed E-state index contributed by atoms with van der Waals surface area (Å²) >= 11 is 0. The lowest BCUT2D eigenvalue weighted by Crippen LogP contribution is -2.15. The summed E-state index contributed by atoms with van der Waals surface area (Å²) in [6.45, 7) is -0.177. The molecule has 30 heavy (non-hydrogen) atoms. The summed E-state index contributed by atoms with van der Waals surface area (Å²) < 4.78 is 5.45. The van der Waals surface area contributed by atoms with Crippen molar-refractivity contribution in [2.24, 2.45) is 0 Å². The highest BCUT2D eigenvalue weighted by molar-refractivity contribution is 6.00. The van der Waals surface area contributed by atoms with Crippen LogP contribution in [0.15, 0.2) is 72.8 Å². The van der Waals surface area contributed by atoms with Gasteiger partial charge in [0.25, 0.3) is 0 Å². The predicted molar refractivity (Wildman–Crippen MR) is 118 cm³/mol. The van der Waals surface area contributed by atoms with Gasteiger partial charge in [-0.1, -0.05) is 54.6 Å². The molecule has 1 aliphatic rings. The number of nitrogens with zero attached hydrogens (tertiary/aromatic N) is 1. The Bertz CT molecular complexity index is 1290. The predicted octanol–water partition coefficient (Wildman–Crippen LogP) is 5.49. The monoisotopic (exact) mass is 396 g/mol. The van der Waals surface area contributed by atoms with Crippen molar-refractivity contribution in [1.82, 2.24) is 4.98 Å². The highest BCUT2D eigenvalue weighted by atomic mass is 16.6. The van der Waals surface area contributed by atoms with Crippen molar-refractivity contribution >= 4 is 22.6 Å². The number of fused-ring (bicyclic) bond motifs is 4. The van der Waals surface area contributed by atoms with E-state index in [0.717, 1.165) is 50.2 Å². The van der Waals surface area contributed by atoms with Crippen LogP contribution in [0.1, 0.15) is 33.9 Å². The number of aromatic amines is 1. The SMILES string of the molecule is COc1ccc2[nH]c3c(c2c1)[C@H](C[N+](=O)[O-])c1ccccc1C=C3c1ccccc1. The number of H-pyrrole nitrogens is 1. The van der Waals surface area contributed by atoms with Gasteiger partial charge in [0.05, 0.1) is 18.7 Å². The maximum Gasteiger partial charge on any atom is 0.214 e. The van der Waals surface area contributed by atoms with Crippen molar-refractivity contribution in [1.29, 1.82) is 0 Å². The summed E-state index contributed by atoms with van der Waals surface area (Å²) in [5.41, 5.74) is 6.87. The standard InChI is InChI=1S/C25H20N2O3/c1-30-18-11-12-23-21(14-18)24-22(15-27(28)29)19-10-6-5-9-17(19)13-20(25(24)26-23)16-7-3-2-4-8-16/h2-14,22,26H,15H2,1H3/t22-/m1/s1. The molecule has 1 N–H and O–H groups in total. The average Bonchev–Trinajstić information content (AvgIpc) is 3.08. The number of rotatable bonds is 4. The molecular formula is C25H20N2O3. The zero-order valence-electron chi connectivity index (χ0n) is 16.5. The van der Waals surface area contributed by atoms with Crippen molar-refractivity contribution in [3.8, 4) is 5.75 Å². The second-order valence-corrected chi connectivity index (χ2v) is 7.45. The first-order valence-electron chi connectivity index (χ1n) is 9.83. The lowest BCUT2D eigenvalue weighted by atomic mass is 9.87. The molecule has 1 aliphatic carbocycles. The van der Waals surface area contributed by atoms with Crippen LogP contribution in [0.3, 0.4) is 0 Å². The average molecular weight is 396 g/mol. The molecular weight excluding hydrogens is 376 g/mol. The van der Waals surface area contributed by atoms with Gasteiger partial charge in [-0.3, -0.25) is 10.1 Å². The summed E-state index contributed by atoms with van der Waals surface area (Å²) in [5, 5.41) is 12.6. The number of ether oxygens (including phenoxy) is 1. The Morgan fingerprint density at radius 3 is 2.57 bits per heavy atom. The minimum Gasteiger partial charge on any atom is -0.497 e. The molecule has 0 radical (unpaired) electrons. The molecule has 0 saturated heterocycles. The number of hydrogen-bond donors (Lipinski definition) is 1. The van der Waals surface area contributed by atoms with E-state index in [-0.39, 0.29) is 17.4 Å². The first kappa shape index (κ1) is 18.2. The van der Waals surface area contributed by atoms with Crippen LogP contribution in [-0.2, 0) is 0 Å². The summed E-state index contributed by atoms with van der Waals surface area (Å²) in [6, 6.07) is 23.9. The Kier molecular flexibility index (Phi) is 4.36. The van der Waals surface area contributed by atoms with Crippen molar-refractivity contribution in [2.45, 2.75) is 5.92 Å². The normalized spacial score (nSPS) is 15.1. The first-order valence-corrected chi connectivity index (χ1v) is 9.83. The molecule has 0 saturated carbocycles. The first-order chi connectivity index (χ1) is 14.7. The maximum atomic E-state index is 11.7. The van der Waals surface area contributed by atoms with Crippen LogP contribution < -0.4 is 4.74 Å². The van der Waals surface area contributed by atoms with Crippen LogP contribution in [0.4, 0.5) is 0 Å². The van der Waals surface area contributed by atoms with E-state index in [0.29, 0.717) is 0 Å². The van der Waals surface area contributed by atoms with Crippen LogP contribution in [-0.4, -0.2) is 23.6 Å². The van der Waals surface area contributed by atoms with E-state index < -0.39 is 0 Å². The highest BCUT2D eigenvalue weighted by Gasteiger charge is 2.32. The van der Waals surface area contributed by atoms with Gasteiger partial charge in [-0.15, -0.1) is 0 Å².